The number of amides is 1. The van der Waals surface area contributed by atoms with Crippen LogP contribution in [0.1, 0.15) is 51.4 Å². The molecule has 168 valence electrons. The molecule has 0 aromatic heterocycles. The number of sulfonamides is 1. The Labute approximate surface area is 182 Å². The number of fused-ring (bicyclic) bond motifs is 1. The average Bonchev–Trinajstić information content (AvgIpc) is 3.08. The molecule has 5 rings (SSSR count). The number of nitrogens with zero attached hydrogens (tertiary/aromatic N) is 1. The van der Waals surface area contributed by atoms with Gasteiger partial charge >= 0.3 is 5.97 Å². The molecule has 1 saturated carbocycles. The van der Waals surface area contributed by atoms with Crippen molar-refractivity contribution in [3.8, 4) is 0 Å². The summed E-state index contributed by atoms with van der Waals surface area (Å²) in [6, 6.07) is 6.89. The first kappa shape index (κ1) is 20.8. The van der Waals surface area contributed by atoms with E-state index in [2.05, 4.69) is 10.0 Å². The SMILES string of the molecule is O=C1CC(C(=O)N2CCC(C3Nc4ccccc4S(=O)(=O)N3)CC2)C2(CCCCC2)O1. The van der Waals surface area contributed by atoms with Crippen molar-refractivity contribution in [2.24, 2.45) is 11.8 Å². The van der Waals surface area contributed by atoms with Crippen molar-refractivity contribution in [3.63, 3.8) is 0 Å². The van der Waals surface area contributed by atoms with Gasteiger partial charge in [-0.15, -0.1) is 0 Å². The van der Waals surface area contributed by atoms with Crippen LogP contribution in [-0.2, 0) is 24.3 Å². The standard InChI is InChI=1S/C22H29N3O5S/c26-19-14-16(22(30-19)10-4-1-5-11-22)21(27)25-12-8-15(9-13-25)20-23-17-6-2-3-7-18(17)31(28,29)24-20/h2-3,6-7,15-16,20,23-24H,1,4-5,8-14H2. The Hall–Kier alpha value is -2.13. The third kappa shape index (κ3) is 3.71. The van der Waals surface area contributed by atoms with Gasteiger partial charge in [0, 0.05) is 13.1 Å². The van der Waals surface area contributed by atoms with Crippen molar-refractivity contribution in [2.45, 2.75) is 68.0 Å². The molecule has 1 aromatic carbocycles. The Morgan fingerprint density at radius 3 is 2.55 bits per heavy atom. The van der Waals surface area contributed by atoms with Crippen LogP contribution in [0.15, 0.2) is 29.2 Å². The van der Waals surface area contributed by atoms with Gasteiger partial charge in [0.15, 0.2) is 0 Å². The molecular weight excluding hydrogens is 418 g/mol. The first-order valence-electron chi connectivity index (χ1n) is 11.3. The molecule has 1 aliphatic carbocycles. The smallest absolute Gasteiger partial charge is 0.307 e. The largest absolute Gasteiger partial charge is 0.458 e. The zero-order chi connectivity index (χ0) is 21.6. The van der Waals surface area contributed by atoms with Crippen LogP contribution in [0.4, 0.5) is 5.69 Å². The highest BCUT2D eigenvalue weighted by Crippen LogP contribution is 2.45. The summed E-state index contributed by atoms with van der Waals surface area (Å²) in [5, 5.41) is 3.32. The lowest BCUT2D eigenvalue weighted by molar-refractivity contribution is -0.156. The lowest BCUT2D eigenvalue weighted by Gasteiger charge is -2.41. The van der Waals surface area contributed by atoms with E-state index >= 15 is 0 Å². The van der Waals surface area contributed by atoms with Crippen LogP contribution in [0.25, 0.3) is 0 Å². The summed E-state index contributed by atoms with van der Waals surface area (Å²) in [5.74, 6) is -0.532. The van der Waals surface area contributed by atoms with Gasteiger partial charge in [0.2, 0.25) is 15.9 Å². The molecule has 31 heavy (non-hydrogen) atoms. The van der Waals surface area contributed by atoms with Crippen molar-refractivity contribution in [3.05, 3.63) is 24.3 Å². The predicted molar refractivity (Wildman–Crippen MR) is 113 cm³/mol. The van der Waals surface area contributed by atoms with E-state index in [9.17, 15) is 18.0 Å². The van der Waals surface area contributed by atoms with Crippen LogP contribution in [0.2, 0.25) is 0 Å². The van der Waals surface area contributed by atoms with E-state index in [0.29, 0.717) is 31.6 Å². The third-order valence-electron chi connectivity index (χ3n) is 7.41. The minimum atomic E-state index is -3.56. The van der Waals surface area contributed by atoms with Gasteiger partial charge < -0.3 is 15.0 Å². The molecule has 8 nitrogen and oxygen atoms in total. The maximum Gasteiger partial charge on any atom is 0.307 e. The molecule has 1 aromatic rings. The summed E-state index contributed by atoms with van der Waals surface area (Å²) < 4.78 is 33.7. The fraction of sp³-hybridized carbons (Fsp3) is 0.636. The van der Waals surface area contributed by atoms with Gasteiger partial charge in [-0.05, 0) is 56.6 Å². The number of para-hydroxylation sites is 1. The van der Waals surface area contributed by atoms with E-state index in [-0.39, 0.29) is 35.0 Å². The van der Waals surface area contributed by atoms with Crippen molar-refractivity contribution in [1.29, 1.82) is 0 Å². The number of nitrogens with one attached hydrogen (secondary N) is 2. The lowest BCUT2D eigenvalue weighted by Crippen LogP contribution is -2.54. The number of carbonyl (C=O) groups is 2. The van der Waals surface area contributed by atoms with Gasteiger partial charge in [-0.25, -0.2) is 8.42 Å². The van der Waals surface area contributed by atoms with Gasteiger partial charge in [-0.2, -0.15) is 4.72 Å². The number of piperidine rings is 1. The third-order valence-corrected chi connectivity index (χ3v) is 8.91. The molecule has 1 spiro atoms. The highest BCUT2D eigenvalue weighted by molar-refractivity contribution is 7.89. The van der Waals surface area contributed by atoms with Crippen molar-refractivity contribution in [2.75, 3.05) is 18.4 Å². The molecule has 0 radical (unpaired) electrons. The number of esters is 1. The Morgan fingerprint density at radius 1 is 1.10 bits per heavy atom. The second kappa shape index (κ2) is 7.78. The second-order valence-corrected chi connectivity index (χ2v) is 10.9. The van der Waals surface area contributed by atoms with Crippen LogP contribution in [0.3, 0.4) is 0 Å². The summed E-state index contributed by atoms with van der Waals surface area (Å²) in [6.45, 7) is 1.12. The van der Waals surface area contributed by atoms with E-state index < -0.39 is 21.8 Å². The molecule has 9 heteroatoms. The van der Waals surface area contributed by atoms with Crippen molar-refractivity contribution in [1.82, 2.24) is 9.62 Å². The minimum absolute atomic E-state index is 0.0220. The number of anilines is 1. The monoisotopic (exact) mass is 447 g/mol. The first-order valence-corrected chi connectivity index (χ1v) is 12.7. The number of hydrogen-bond donors (Lipinski definition) is 2. The zero-order valence-electron chi connectivity index (χ0n) is 17.5. The molecule has 3 heterocycles. The molecule has 3 aliphatic heterocycles. The van der Waals surface area contributed by atoms with Crippen molar-refractivity contribution < 1.29 is 22.7 Å². The maximum absolute atomic E-state index is 13.3. The normalized spacial score (nSPS) is 29.8. The molecule has 2 saturated heterocycles. The Balaban J connectivity index is 1.25. The van der Waals surface area contributed by atoms with E-state index in [1.54, 1.807) is 18.2 Å². The van der Waals surface area contributed by atoms with Gasteiger partial charge in [-0.1, -0.05) is 18.6 Å². The van der Waals surface area contributed by atoms with Gasteiger partial charge in [0.25, 0.3) is 0 Å². The number of rotatable bonds is 2. The molecule has 3 fully saturated rings. The Kier molecular flexibility index (Phi) is 5.21. The molecule has 1 amide bonds. The fourth-order valence-electron chi connectivity index (χ4n) is 5.74. The topological polar surface area (TPSA) is 105 Å². The first-order chi connectivity index (χ1) is 14.9. The van der Waals surface area contributed by atoms with Crippen molar-refractivity contribution >= 4 is 27.6 Å². The number of ether oxygens (including phenoxy) is 1. The highest BCUT2D eigenvalue weighted by atomic mass is 32.2. The molecule has 4 aliphatic rings. The predicted octanol–water partition coefficient (Wildman–Crippen LogP) is 2.22. The number of hydrogen-bond acceptors (Lipinski definition) is 6. The fourth-order valence-corrected chi connectivity index (χ4v) is 7.13. The molecule has 2 unspecified atom stereocenters. The van der Waals surface area contributed by atoms with Crippen LogP contribution in [-0.4, -0.2) is 50.1 Å². The molecule has 2 N–H and O–H groups in total. The summed E-state index contributed by atoms with van der Waals surface area (Å²) in [5.41, 5.74) is 0.0127. The van der Waals surface area contributed by atoms with Gasteiger partial charge in [0.05, 0.1) is 24.2 Å². The Bertz CT molecular complexity index is 981. The van der Waals surface area contributed by atoms with Gasteiger partial charge in [-0.3, -0.25) is 9.59 Å². The zero-order valence-corrected chi connectivity index (χ0v) is 18.3. The Morgan fingerprint density at radius 2 is 1.81 bits per heavy atom. The van der Waals surface area contributed by atoms with Crippen LogP contribution < -0.4 is 10.0 Å². The second-order valence-electron chi connectivity index (χ2n) is 9.26. The van der Waals surface area contributed by atoms with E-state index in [4.69, 9.17) is 4.74 Å². The molecular formula is C22H29N3O5S. The van der Waals surface area contributed by atoms with Crippen LogP contribution in [0, 0.1) is 11.8 Å². The van der Waals surface area contributed by atoms with E-state index in [1.807, 2.05) is 11.0 Å². The van der Waals surface area contributed by atoms with Gasteiger partial charge in [0.1, 0.15) is 10.5 Å². The average molecular weight is 448 g/mol. The summed E-state index contributed by atoms with van der Waals surface area (Å²) in [6.07, 6.45) is 5.85. The lowest BCUT2D eigenvalue weighted by atomic mass is 9.75. The van der Waals surface area contributed by atoms with Crippen LogP contribution >= 0.6 is 0 Å². The van der Waals surface area contributed by atoms with E-state index in [1.165, 1.54) is 0 Å². The summed E-state index contributed by atoms with van der Waals surface area (Å²) >= 11 is 0. The molecule has 0 bridgehead atoms. The number of likely N-dealkylation sites (tertiary alicyclic amines) is 1. The van der Waals surface area contributed by atoms with E-state index in [0.717, 1.165) is 32.1 Å². The number of carbonyl (C=O) groups excluding carboxylic acids is 2. The minimum Gasteiger partial charge on any atom is -0.458 e. The molecule has 2 atom stereocenters. The highest BCUT2D eigenvalue weighted by Gasteiger charge is 2.54. The quantitative estimate of drug-likeness (QED) is 0.674. The number of benzene rings is 1. The summed E-state index contributed by atoms with van der Waals surface area (Å²) in [4.78, 5) is 27.5. The van der Waals surface area contributed by atoms with Crippen LogP contribution in [0.5, 0.6) is 0 Å². The maximum atomic E-state index is 13.3. The summed E-state index contributed by atoms with van der Waals surface area (Å²) in [7, 11) is -3.56.